The molecule has 0 saturated carbocycles. The van der Waals surface area contributed by atoms with Gasteiger partial charge in [0.2, 0.25) is 10.0 Å². The van der Waals surface area contributed by atoms with Crippen molar-refractivity contribution in [3.8, 4) is 0 Å². The Morgan fingerprint density at radius 2 is 1.91 bits per heavy atom. The first kappa shape index (κ1) is 25.7. The third kappa shape index (κ3) is 5.22. The van der Waals surface area contributed by atoms with Gasteiger partial charge in [-0.05, 0) is 87.2 Å². The van der Waals surface area contributed by atoms with Crippen LogP contribution in [-0.2, 0) is 19.5 Å². The van der Waals surface area contributed by atoms with E-state index >= 15 is 0 Å². The first-order valence-electron chi connectivity index (χ1n) is 12.4. The highest BCUT2D eigenvalue weighted by atomic mass is 32.2. The van der Waals surface area contributed by atoms with E-state index in [-0.39, 0.29) is 36.1 Å². The number of hydrogen-bond donors (Lipinski definition) is 2. The van der Waals surface area contributed by atoms with E-state index in [9.17, 15) is 23.0 Å². The molecule has 34 heavy (non-hydrogen) atoms. The number of sulfonamides is 1. The largest absolute Gasteiger partial charge is 0.501 e. The maximum absolute atomic E-state index is 14.5. The van der Waals surface area contributed by atoms with Crippen molar-refractivity contribution in [3.05, 3.63) is 34.7 Å². The van der Waals surface area contributed by atoms with Gasteiger partial charge >= 0.3 is 0 Å². The van der Waals surface area contributed by atoms with Gasteiger partial charge in [-0.25, -0.2) is 12.8 Å². The number of ether oxygens (including phenoxy) is 2. The van der Waals surface area contributed by atoms with Crippen molar-refractivity contribution in [2.45, 2.75) is 76.3 Å². The zero-order chi connectivity index (χ0) is 24.5. The monoisotopic (exact) mass is 499 g/mol. The Morgan fingerprint density at radius 3 is 2.59 bits per heavy atom. The van der Waals surface area contributed by atoms with E-state index in [0.29, 0.717) is 62.2 Å². The SMILES string of the molecule is COC1=CCC2C(C1)C(CCC(O)O)CN2S(=O)(=O)C1=CCCC(C2CC=C(OC)C(F)C2)C1. The molecule has 7 nitrogen and oxygen atoms in total. The average molecular weight is 500 g/mol. The van der Waals surface area contributed by atoms with E-state index < -0.39 is 22.5 Å². The summed E-state index contributed by atoms with van der Waals surface area (Å²) in [5.74, 6) is 1.64. The van der Waals surface area contributed by atoms with Crippen molar-refractivity contribution < 1.29 is 32.5 Å². The van der Waals surface area contributed by atoms with Crippen LogP contribution >= 0.6 is 0 Å². The molecule has 0 amide bonds. The predicted octanol–water partition coefficient (Wildman–Crippen LogP) is 3.61. The Balaban J connectivity index is 1.51. The summed E-state index contributed by atoms with van der Waals surface area (Å²) >= 11 is 0. The van der Waals surface area contributed by atoms with Crippen molar-refractivity contribution in [2.75, 3.05) is 20.8 Å². The molecular formula is C25H38FNO6S. The lowest BCUT2D eigenvalue weighted by Crippen LogP contribution is -2.40. The van der Waals surface area contributed by atoms with Gasteiger partial charge in [-0.3, -0.25) is 0 Å². The highest BCUT2D eigenvalue weighted by Gasteiger charge is 2.49. The van der Waals surface area contributed by atoms with Gasteiger partial charge in [0.15, 0.2) is 12.5 Å². The molecule has 1 heterocycles. The highest BCUT2D eigenvalue weighted by molar-refractivity contribution is 7.93. The molecule has 0 aromatic carbocycles. The minimum absolute atomic E-state index is 0.0451. The number of alkyl halides is 1. The average Bonchev–Trinajstić information content (AvgIpc) is 3.21. The van der Waals surface area contributed by atoms with E-state index in [1.807, 2.05) is 18.2 Å². The third-order valence-corrected chi connectivity index (χ3v) is 10.4. The summed E-state index contributed by atoms with van der Waals surface area (Å²) < 4.78 is 54.4. The van der Waals surface area contributed by atoms with Crippen LogP contribution in [0.1, 0.15) is 57.8 Å². The van der Waals surface area contributed by atoms with Crippen molar-refractivity contribution in [2.24, 2.45) is 23.7 Å². The Kier molecular flexibility index (Phi) is 8.06. The van der Waals surface area contributed by atoms with Crippen LogP contribution in [-0.4, -0.2) is 62.2 Å². The number of methoxy groups -OCH3 is 2. The fourth-order valence-corrected chi connectivity index (χ4v) is 8.48. The summed E-state index contributed by atoms with van der Waals surface area (Å²) in [7, 11) is -0.544. The van der Waals surface area contributed by atoms with E-state index in [2.05, 4.69) is 0 Å². The fraction of sp³-hybridized carbons (Fsp3) is 0.760. The van der Waals surface area contributed by atoms with Crippen LogP contribution in [0.4, 0.5) is 4.39 Å². The molecule has 1 aliphatic heterocycles. The molecule has 0 radical (unpaired) electrons. The molecule has 9 heteroatoms. The second kappa shape index (κ2) is 10.7. The minimum atomic E-state index is -3.66. The van der Waals surface area contributed by atoms with Gasteiger partial charge in [-0.1, -0.05) is 6.08 Å². The summed E-state index contributed by atoms with van der Waals surface area (Å²) in [6.07, 6.45) is 8.27. The quantitative estimate of drug-likeness (QED) is 0.496. The second-order valence-corrected chi connectivity index (χ2v) is 12.1. The van der Waals surface area contributed by atoms with Gasteiger partial charge in [0.1, 0.15) is 5.76 Å². The Morgan fingerprint density at radius 1 is 1.12 bits per heavy atom. The Labute approximate surface area is 202 Å². The zero-order valence-electron chi connectivity index (χ0n) is 20.1. The lowest BCUT2D eigenvalue weighted by molar-refractivity contribution is -0.0496. The van der Waals surface area contributed by atoms with Crippen LogP contribution in [0, 0.1) is 23.7 Å². The van der Waals surface area contributed by atoms with Crippen LogP contribution < -0.4 is 0 Å². The van der Waals surface area contributed by atoms with E-state index in [0.717, 1.165) is 12.2 Å². The molecule has 4 aliphatic rings. The molecular weight excluding hydrogens is 461 g/mol. The van der Waals surface area contributed by atoms with E-state index in [1.165, 1.54) is 7.11 Å². The lowest BCUT2D eigenvalue weighted by Gasteiger charge is -2.35. The number of aliphatic hydroxyl groups is 2. The lowest BCUT2D eigenvalue weighted by atomic mass is 9.76. The molecule has 3 aliphatic carbocycles. The number of allylic oxidation sites excluding steroid dienone is 5. The first-order valence-corrected chi connectivity index (χ1v) is 13.9. The molecule has 6 atom stereocenters. The fourth-order valence-electron chi connectivity index (χ4n) is 6.44. The zero-order valence-corrected chi connectivity index (χ0v) is 20.9. The second-order valence-electron chi connectivity index (χ2n) is 10.2. The Bertz CT molecular complexity index is 930. The topological polar surface area (TPSA) is 96.3 Å². The van der Waals surface area contributed by atoms with Gasteiger partial charge < -0.3 is 19.7 Å². The van der Waals surface area contributed by atoms with Crippen LogP contribution in [0.2, 0.25) is 0 Å². The molecule has 0 spiro atoms. The predicted molar refractivity (Wildman–Crippen MR) is 126 cm³/mol. The normalized spacial score (nSPS) is 34.8. The van der Waals surface area contributed by atoms with Crippen molar-refractivity contribution in [1.29, 1.82) is 0 Å². The summed E-state index contributed by atoms with van der Waals surface area (Å²) in [4.78, 5) is 0.462. The molecule has 2 N–H and O–H groups in total. The summed E-state index contributed by atoms with van der Waals surface area (Å²) in [5, 5.41) is 18.8. The number of halogens is 1. The van der Waals surface area contributed by atoms with Gasteiger partial charge in [0.25, 0.3) is 0 Å². The van der Waals surface area contributed by atoms with E-state index in [1.54, 1.807) is 11.4 Å². The van der Waals surface area contributed by atoms with Gasteiger partial charge in [0.05, 0.1) is 24.9 Å². The third-order valence-electron chi connectivity index (χ3n) is 8.32. The summed E-state index contributed by atoms with van der Waals surface area (Å²) in [6.45, 7) is 0.382. The number of nitrogens with zero attached hydrogens (tertiary/aromatic N) is 1. The number of rotatable bonds is 8. The van der Waals surface area contributed by atoms with Crippen molar-refractivity contribution in [3.63, 3.8) is 0 Å². The first-order chi connectivity index (χ1) is 16.2. The summed E-state index contributed by atoms with van der Waals surface area (Å²) in [5.41, 5.74) is 0. The van der Waals surface area contributed by atoms with Crippen LogP contribution in [0.5, 0.6) is 0 Å². The van der Waals surface area contributed by atoms with Gasteiger partial charge in [-0.2, -0.15) is 4.31 Å². The molecule has 0 bridgehead atoms. The molecule has 1 saturated heterocycles. The van der Waals surface area contributed by atoms with Crippen LogP contribution in [0.3, 0.4) is 0 Å². The maximum atomic E-state index is 14.5. The van der Waals surface area contributed by atoms with Crippen LogP contribution in [0.25, 0.3) is 0 Å². The molecule has 1 fully saturated rings. The standard InChI is InChI=1S/C25H38FNO6S/c1-32-19-8-9-23-21(14-19)18(7-11-25(28)29)15-27(23)34(30,31)20-5-3-4-16(12-20)17-6-10-24(33-2)22(26)13-17/h5,8,10,16-18,21-23,25,28-29H,3-4,6-7,9,11-15H2,1-2H3. The molecule has 6 unspecified atom stereocenters. The number of fused-ring (bicyclic) bond motifs is 1. The van der Waals surface area contributed by atoms with Crippen molar-refractivity contribution in [1.82, 2.24) is 4.31 Å². The number of aliphatic hydroxyl groups excluding tert-OH is 1. The van der Waals surface area contributed by atoms with Crippen LogP contribution in [0.15, 0.2) is 34.7 Å². The number of hydrogen-bond acceptors (Lipinski definition) is 6. The maximum Gasteiger partial charge on any atom is 0.239 e. The molecule has 0 aromatic heterocycles. The van der Waals surface area contributed by atoms with E-state index in [4.69, 9.17) is 9.47 Å². The minimum Gasteiger partial charge on any atom is -0.501 e. The molecule has 0 aromatic rings. The summed E-state index contributed by atoms with van der Waals surface area (Å²) in [6, 6.07) is -0.150. The van der Waals surface area contributed by atoms with Gasteiger partial charge in [-0.15, -0.1) is 0 Å². The van der Waals surface area contributed by atoms with Crippen molar-refractivity contribution >= 4 is 10.0 Å². The van der Waals surface area contributed by atoms with Gasteiger partial charge in [0, 0.05) is 19.0 Å². The molecule has 192 valence electrons. The smallest absolute Gasteiger partial charge is 0.239 e. The molecule has 4 rings (SSSR count). The highest BCUT2D eigenvalue weighted by Crippen LogP contribution is 2.46. The Hall–Kier alpha value is -1.42.